The monoisotopic (exact) mass is 386 g/mol. The van der Waals surface area contributed by atoms with Crippen molar-refractivity contribution in [1.29, 1.82) is 0 Å². The normalized spacial score (nSPS) is 21.2. The molecule has 0 bridgehead atoms. The Morgan fingerprint density at radius 1 is 0.964 bits per heavy atom. The van der Waals surface area contributed by atoms with Gasteiger partial charge in [-0.1, -0.05) is 12.8 Å². The fraction of sp³-hybridized carbons (Fsp3) is 0.556. The molecule has 3 fully saturated rings. The van der Waals surface area contributed by atoms with E-state index >= 15 is 0 Å². The van der Waals surface area contributed by atoms with E-state index in [0.717, 1.165) is 35.5 Å². The van der Waals surface area contributed by atoms with Gasteiger partial charge in [-0.15, -0.1) is 0 Å². The lowest BCUT2D eigenvalue weighted by Gasteiger charge is -2.35. The van der Waals surface area contributed by atoms with Gasteiger partial charge in [0.1, 0.15) is 6.54 Å². The predicted molar refractivity (Wildman–Crippen MR) is 97.0 cm³/mol. The largest absolute Gasteiger partial charge is 0.338 e. The molecule has 1 aromatic heterocycles. The lowest BCUT2D eigenvalue weighted by atomic mass is 10.2. The summed E-state index contributed by atoms with van der Waals surface area (Å²) < 4.78 is 0. The van der Waals surface area contributed by atoms with Crippen LogP contribution in [0.1, 0.15) is 25.7 Å². The van der Waals surface area contributed by atoms with Crippen LogP contribution in [0, 0.1) is 0 Å². The van der Waals surface area contributed by atoms with Crippen LogP contribution in [0.4, 0.5) is 10.7 Å². The van der Waals surface area contributed by atoms with Crippen LogP contribution in [0.25, 0.3) is 0 Å². The molecule has 0 radical (unpaired) electrons. The van der Waals surface area contributed by atoms with Crippen LogP contribution in [0.5, 0.6) is 0 Å². The molecule has 148 valence electrons. The van der Waals surface area contributed by atoms with Crippen LogP contribution in [-0.4, -0.2) is 87.2 Å². The summed E-state index contributed by atoms with van der Waals surface area (Å²) in [5, 5.41) is 0. The Morgan fingerprint density at radius 2 is 1.61 bits per heavy atom. The molecule has 10 nitrogen and oxygen atoms in total. The maximum Gasteiger partial charge on any atom is 0.334 e. The number of amides is 5. The standard InChI is InChI=1S/C18H22N6O4/c25-14(21-8-10-22(11-9-21)17-19-6-3-7-20-17)12-23-15(26)16(27)24(18(23)28)13-4-1-2-5-13/h3,6-7,13H,1-2,4-5,8-12H2. The second-order valence-corrected chi connectivity index (χ2v) is 7.20. The number of hydrogen-bond acceptors (Lipinski definition) is 7. The quantitative estimate of drug-likeness (QED) is 0.523. The minimum absolute atomic E-state index is 0.224. The molecule has 0 spiro atoms. The van der Waals surface area contributed by atoms with Crippen molar-refractivity contribution in [2.75, 3.05) is 37.6 Å². The molecule has 10 heteroatoms. The summed E-state index contributed by atoms with van der Waals surface area (Å²) in [4.78, 5) is 63.5. The fourth-order valence-corrected chi connectivity index (χ4v) is 3.99. The van der Waals surface area contributed by atoms with Gasteiger partial charge in [0.2, 0.25) is 11.9 Å². The number of rotatable bonds is 4. The van der Waals surface area contributed by atoms with Crippen LogP contribution in [0.2, 0.25) is 0 Å². The Bertz CT molecular complexity index is 787. The van der Waals surface area contributed by atoms with Crippen LogP contribution in [0.3, 0.4) is 0 Å². The Labute approximate surface area is 162 Å². The van der Waals surface area contributed by atoms with Crippen molar-refractivity contribution in [3.63, 3.8) is 0 Å². The third kappa shape index (κ3) is 3.30. The van der Waals surface area contributed by atoms with Crippen LogP contribution < -0.4 is 4.90 Å². The van der Waals surface area contributed by atoms with Crippen molar-refractivity contribution in [1.82, 2.24) is 24.7 Å². The average molecular weight is 386 g/mol. The topological polar surface area (TPSA) is 107 Å². The maximum atomic E-state index is 12.6. The molecule has 1 aromatic rings. The number of piperazine rings is 1. The summed E-state index contributed by atoms with van der Waals surface area (Å²) in [6.07, 6.45) is 6.63. The van der Waals surface area contributed by atoms with E-state index in [4.69, 9.17) is 0 Å². The summed E-state index contributed by atoms with van der Waals surface area (Å²) in [5.41, 5.74) is 0. The lowest BCUT2D eigenvalue weighted by Crippen LogP contribution is -2.52. The van der Waals surface area contributed by atoms with Gasteiger partial charge in [-0.2, -0.15) is 0 Å². The summed E-state index contributed by atoms with van der Waals surface area (Å²) in [7, 11) is 0. The van der Waals surface area contributed by atoms with Crippen LogP contribution in [0.15, 0.2) is 18.5 Å². The zero-order valence-corrected chi connectivity index (χ0v) is 15.5. The number of urea groups is 1. The SMILES string of the molecule is O=C(CN1C(=O)C(=O)N(C2CCCC2)C1=O)N1CCN(c2ncccn2)CC1. The maximum absolute atomic E-state index is 12.6. The van der Waals surface area contributed by atoms with Gasteiger partial charge in [-0.3, -0.25) is 19.3 Å². The molecule has 4 rings (SSSR count). The highest BCUT2D eigenvalue weighted by Crippen LogP contribution is 2.27. The van der Waals surface area contributed by atoms with Gasteiger partial charge in [-0.05, 0) is 18.9 Å². The summed E-state index contributed by atoms with van der Waals surface area (Å²) in [6, 6.07) is 0.855. The van der Waals surface area contributed by atoms with Crippen molar-refractivity contribution >= 4 is 29.7 Å². The first-order valence-corrected chi connectivity index (χ1v) is 9.55. The van der Waals surface area contributed by atoms with E-state index in [9.17, 15) is 19.2 Å². The zero-order valence-electron chi connectivity index (χ0n) is 15.5. The molecule has 0 atom stereocenters. The van der Waals surface area contributed by atoms with E-state index in [1.165, 1.54) is 0 Å². The van der Waals surface area contributed by atoms with Crippen LogP contribution in [-0.2, 0) is 14.4 Å². The van der Waals surface area contributed by atoms with E-state index in [1.807, 2.05) is 4.90 Å². The van der Waals surface area contributed by atoms with Gasteiger partial charge in [0.25, 0.3) is 0 Å². The molecule has 1 aliphatic carbocycles. The molecular weight excluding hydrogens is 364 g/mol. The molecule has 1 saturated carbocycles. The molecule has 5 amide bonds. The van der Waals surface area contributed by atoms with Crippen molar-refractivity contribution in [2.45, 2.75) is 31.7 Å². The van der Waals surface area contributed by atoms with Gasteiger partial charge < -0.3 is 9.80 Å². The summed E-state index contributed by atoms with van der Waals surface area (Å²) in [5.74, 6) is -1.44. The number of hydrogen-bond donors (Lipinski definition) is 0. The minimum atomic E-state index is -0.901. The molecule has 2 saturated heterocycles. The smallest absolute Gasteiger partial charge is 0.334 e. The third-order valence-electron chi connectivity index (χ3n) is 5.53. The number of carbonyl (C=O) groups is 4. The van der Waals surface area contributed by atoms with E-state index in [0.29, 0.717) is 32.1 Å². The number of carbonyl (C=O) groups excluding carboxylic acids is 4. The van der Waals surface area contributed by atoms with Gasteiger partial charge >= 0.3 is 17.8 Å². The van der Waals surface area contributed by atoms with E-state index in [-0.39, 0.29) is 11.9 Å². The first-order valence-electron chi connectivity index (χ1n) is 9.55. The van der Waals surface area contributed by atoms with E-state index in [1.54, 1.807) is 23.4 Å². The number of imide groups is 2. The second-order valence-electron chi connectivity index (χ2n) is 7.20. The highest BCUT2D eigenvalue weighted by Gasteiger charge is 2.49. The van der Waals surface area contributed by atoms with Gasteiger partial charge in [0, 0.05) is 44.6 Å². The Balaban J connectivity index is 1.35. The number of aromatic nitrogens is 2. The van der Waals surface area contributed by atoms with E-state index < -0.39 is 24.4 Å². The molecule has 3 heterocycles. The zero-order chi connectivity index (χ0) is 19.7. The molecule has 0 unspecified atom stereocenters. The Hall–Kier alpha value is -3.04. The Kier molecular flexibility index (Phi) is 4.93. The first-order chi connectivity index (χ1) is 13.6. The Morgan fingerprint density at radius 3 is 2.25 bits per heavy atom. The first kappa shape index (κ1) is 18.3. The van der Waals surface area contributed by atoms with Crippen molar-refractivity contribution in [3.8, 4) is 0 Å². The average Bonchev–Trinajstić information content (AvgIpc) is 3.32. The minimum Gasteiger partial charge on any atom is -0.338 e. The highest BCUT2D eigenvalue weighted by atomic mass is 16.2. The molecule has 28 heavy (non-hydrogen) atoms. The molecule has 0 aromatic carbocycles. The molecule has 3 aliphatic rings. The number of anilines is 1. The lowest BCUT2D eigenvalue weighted by molar-refractivity contribution is -0.145. The molecule has 2 aliphatic heterocycles. The van der Waals surface area contributed by atoms with Crippen molar-refractivity contribution in [3.05, 3.63) is 18.5 Å². The molecule has 0 N–H and O–H groups in total. The summed E-state index contributed by atoms with van der Waals surface area (Å²) >= 11 is 0. The second kappa shape index (κ2) is 7.53. The number of nitrogens with zero attached hydrogens (tertiary/aromatic N) is 6. The van der Waals surface area contributed by atoms with Crippen molar-refractivity contribution < 1.29 is 19.2 Å². The van der Waals surface area contributed by atoms with E-state index in [2.05, 4.69) is 9.97 Å². The van der Waals surface area contributed by atoms with Gasteiger partial charge in [-0.25, -0.2) is 19.7 Å². The van der Waals surface area contributed by atoms with Gasteiger partial charge in [0.05, 0.1) is 0 Å². The van der Waals surface area contributed by atoms with Crippen molar-refractivity contribution in [2.24, 2.45) is 0 Å². The fourth-order valence-electron chi connectivity index (χ4n) is 3.99. The van der Waals surface area contributed by atoms with Crippen LogP contribution >= 0.6 is 0 Å². The van der Waals surface area contributed by atoms with Gasteiger partial charge in [0.15, 0.2) is 0 Å². The third-order valence-corrected chi connectivity index (χ3v) is 5.53. The highest BCUT2D eigenvalue weighted by molar-refractivity contribution is 6.45. The molecular formula is C18H22N6O4. The summed E-state index contributed by atoms with van der Waals surface area (Å²) in [6.45, 7) is 1.60. The predicted octanol–water partition coefficient (Wildman–Crippen LogP) is -0.141.